The molecule has 6 nitrogen and oxygen atoms in total. The van der Waals surface area contributed by atoms with Gasteiger partial charge < -0.3 is 15.0 Å². The molecular formula is C21H20N4O2. The van der Waals surface area contributed by atoms with Gasteiger partial charge in [-0.15, -0.1) is 0 Å². The fourth-order valence-electron chi connectivity index (χ4n) is 3.13. The maximum Gasteiger partial charge on any atom is 0.243 e. The molecule has 0 unspecified atom stereocenters. The van der Waals surface area contributed by atoms with Gasteiger partial charge in [0.05, 0.1) is 17.8 Å². The molecule has 27 heavy (non-hydrogen) atoms. The molecule has 2 heterocycles. The van der Waals surface area contributed by atoms with Crippen molar-refractivity contribution >= 4 is 27.7 Å². The van der Waals surface area contributed by atoms with Crippen LogP contribution < -0.4 is 10.1 Å². The van der Waals surface area contributed by atoms with Gasteiger partial charge >= 0.3 is 0 Å². The van der Waals surface area contributed by atoms with E-state index in [0.29, 0.717) is 13.2 Å². The van der Waals surface area contributed by atoms with Crippen LogP contribution in [-0.4, -0.2) is 34.2 Å². The molecule has 0 bridgehead atoms. The van der Waals surface area contributed by atoms with E-state index < -0.39 is 0 Å². The second-order valence-corrected chi connectivity index (χ2v) is 6.37. The van der Waals surface area contributed by atoms with Crippen molar-refractivity contribution in [3.8, 4) is 17.1 Å². The lowest BCUT2D eigenvalue weighted by molar-refractivity contribution is -0.116. The number of nitrogens with one attached hydrogen (secondary N) is 3. The Morgan fingerprint density at radius 2 is 2.11 bits per heavy atom. The first-order valence-corrected chi connectivity index (χ1v) is 8.75. The third-order valence-corrected chi connectivity index (χ3v) is 4.44. The molecule has 0 saturated heterocycles. The molecule has 0 radical (unpaired) electrons. The average Bonchev–Trinajstić information content (AvgIpc) is 3.28. The summed E-state index contributed by atoms with van der Waals surface area (Å²) in [5.41, 5.74) is 4.98. The van der Waals surface area contributed by atoms with Gasteiger partial charge in [-0.1, -0.05) is 24.8 Å². The van der Waals surface area contributed by atoms with Gasteiger partial charge in [0.15, 0.2) is 0 Å². The van der Waals surface area contributed by atoms with Crippen LogP contribution in [0.2, 0.25) is 0 Å². The van der Waals surface area contributed by atoms with Gasteiger partial charge in [0.1, 0.15) is 18.1 Å². The molecule has 6 heteroatoms. The number of hydrogen-bond acceptors (Lipinski definition) is 3. The predicted molar refractivity (Wildman–Crippen MR) is 107 cm³/mol. The third kappa shape index (κ3) is 3.29. The van der Waals surface area contributed by atoms with E-state index in [4.69, 9.17) is 4.74 Å². The Hall–Kier alpha value is -3.54. The summed E-state index contributed by atoms with van der Waals surface area (Å²) in [5, 5.41) is 12.3. The minimum Gasteiger partial charge on any atom is -0.491 e. The van der Waals surface area contributed by atoms with Crippen LogP contribution in [0.25, 0.3) is 33.2 Å². The van der Waals surface area contributed by atoms with Gasteiger partial charge in [0, 0.05) is 16.3 Å². The number of amides is 1. The predicted octanol–water partition coefficient (Wildman–Crippen LogP) is 3.70. The Bertz CT molecular complexity index is 1140. The molecule has 0 aliphatic heterocycles. The summed E-state index contributed by atoms with van der Waals surface area (Å²) in [6, 6.07) is 14.1. The summed E-state index contributed by atoms with van der Waals surface area (Å²) >= 11 is 0. The highest BCUT2D eigenvalue weighted by Crippen LogP contribution is 2.32. The van der Waals surface area contributed by atoms with E-state index in [0.717, 1.165) is 38.9 Å². The highest BCUT2D eigenvalue weighted by Gasteiger charge is 2.13. The third-order valence-electron chi connectivity index (χ3n) is 4.44. The molecule has 2 aromatic heterocycles. The number of fused-ring (bicyclic) bond motifs is 2. The number of hydrogen-bond donors (Lipinski definition) is 3. The number of rotatable bonds is 6. The number of benzene rings is 2. The second kappa shape index (κ2) is 6.99. The summed E-state index contributed by atoms with van der Waals surface area (Å²) < 4.78 is 5.85. The van der Waals surface area contributed by atoms with Gasteiger partial charge in [0.25, 0.3) is 0 Å². The second-order valence-electron chi connectivity index (χ2n) is 6.37. The molecule has 0 aliphatic rings. The Kier molecular flexibility index (Phi) is 4.38. The minimum absolute atomic E-state index is 0.207. The van der Waals surface area contributed by atoms with E-state index in [9.17, 15) is 4.79 Å². The van der Waals surface area contributed by atoms with Crippen molar-refractivity contribution in [2.24, 2.45) is 0 Å². The lowest BCUT2D eigenvalue weighted by Crippen LogP contribution is -2.26. The highest BCUT2D eigenvalue weighted by atomic mass is 16.5. The smallest absolute Gasteiger partial charge is 0.243 e. The molecule has 0 aliphatic carbocycles. The van der Waals surface area contributed by atoms with E-state index in [1.54, 1.807) is 0 Å². The number of carbonyl (C=O) groups is 1. The molecular weight excluding hydrogens is 340 g/mol. The maximum absolute atomic E-state index is 11.2. The molecule has 4 rings (SSSR count). The van der Waals surface area contributed by atoms with E-state index >= 15 is 0 Å². The van der Waals surface area contributed by atoms with Crippen LogP contribution in [0.5, 0.6) is 5.75 Å². The summed E-state index contributed by atoms with van der Waals surface area (Å²) in [6.45, 7) is 6.28. The van der Waals surface area contributed by atoms with Crippen LogP contribution in [0.1, 0.15) is 5.56 Å². The van der Waals surface area contributed by atoms with E-state index in [-0.39, 0.29) is 5.91 Å². The van der Waals surface area contributed by atoms with E-state index in [2.05, 4.69) is 52.2 Å². The lowest BCUT2D eigenvalue weighted by Gasteiger charge is -2.07. The van der Waals surface area contributed by atoms with Crippen LogP contribution in [0.15, 0.2) is 55.1 Å². The Balaban J connectivity index is 1.62. The van der Waals surface area contributed by atoms with Gasteiger partial charge in [-0.05, 0) is 42.8 Å². The standard InChI is InChI=1S/C21H20N4O2/c1-3-20(26)22-9-10-27-19-6-4-5-16-15(19)12-18(23-16)21-14-8-7-13(2)11-17(14)24-25-21/h3-8,11-12,23H,1,9-10H2,2H3,(H,22,26)(H,24,25). The average molecular weight is 360 g/mol. The summed E-state index contributed by atoms with van der Waals surface area (Å²) in [6.07, 6.45) is 1.24. The zero-order valence-electron chi connectivity index (χ0n) is 15.0. The molecule has 0 fully saturated rings. The first kappa shape index (κ1) is 16.9. The quantitative estimate of drug-likeness (QED) is 0.362. The number of H-pyrrole nitrogens is 2. The first-order valence-electron chi connectivity index (χ1n) is 8.75. The van der Waals surface area contributed by atoms with Crippen LogP contribution in [0.3, 0.4) is 0 Å². The maximum atomic E-state index is 11.2. The number of aromatic amines is 2. The number of carbonyl (C=O) groups excluding carboxylic acids is 1. The number of ether oxygens (including phenoxy) is 1. The molecule has 1 amide bonds. The molecule has 0 atom stereocenters. The van der Waals surface area contributed by atoms with Gasteiger partial charge in [-0.25, -0.2) is 0 Å². The Morgan fingerprint density at radius 3 is 2.96 bits per heavy atom. The summed E-state index contributed by atoms with van der Waals surface area (Å²) in [7, 11) is 0. The SMILES string of the molecule is C=CC(=O)NCCOc1cccc2[nH]c(-c3n[nH]c4cc(C)ccc34)cc12. The van der Waals surface area contributed by atoms with Crippen molar-refractivity contribution in [3.63, 3.8) is 0 Å². The van der Waals surface area contributed by atoms with Crippen LogP contribution in [-0.2, 0) is 4.79 Å². The van der Waals surface area contributed by atoms with Crippen LogP contribution in [0, 0.1) is 6.92 Å². The zero-order chi connectivity index (χ0) is 18.8. The van der Waals surface area contributed by atoms with Crippen LogP contribution in [0.4, 0.5) is 0 Å². The first-order chi connectivity index (χ1) is 13.2. The van der Waals surface area contributed by atoms with Gasteiger partial charge in [-0.3, -0.25) is 9.89 Å². The van der Waals surface area contributed by atoms with Crippen molar-refractivity contribution in [2.75, 3.05) is 13.2 Å². The van der Waals surface area contributed by atoms with Gasteiger partial charge in [-0.2, -0.15) is 5.10 Å². The minimum atomic E-state index is -0.207. The molecule has 4 aromatic rings. The summed E-state index contributed by atoms with van der Waals surface area (Å²) in [5.74, 6) is 0.555. The van der Waals surface area contributed by atoms with Gasteiger partial charge in [0.2, 0.25) is 5.91 Å². The highest BCUT2D eigenvalue weighted by molar-refractivity contribution is 5.97. The molecule has 0 spiro atoms. The van der Waals surface area contributed by atoms with Crippen molar-refractivity contribution in [1.82, 2.24) is 20.5 Å². The molecule has 3 N–H and O–H groups in total. The van der Waals surface area contributed by atoms with E-state index in [1.807, 2.05) is 24.3 Å². The molecule has 2 aromatic carbocycles. The topological polar surface area (TPSA) is 82.8 Å². The number of nitrogens with zero attached hydrogens (tertiary/aromatic N) is 1. The Morgan fingerprint density at radius 1 is 1.22 bits per heavy atom. The summed E-state index contributed by atoms with van der Waals surface area (Å²) in [4.78, 5) is 14.6. The zero-order valence-corrected chi connectivity index (χ0v) is 15.0. The van der Waals surface area contributed by atoms with E-state index in [1.165, 1.54) is 11.6 Å². The van der Waals surface area contributed by atoms with Crippen molar-refractivity contribution in [3.05, 3.63) is 60.7 Å². The molecule has 136 valence electrons. The largest absolute Gasteiger partial charge is 0.491 e. The van der Waals surface area contributed by atoms with Crippen molar-refractivity contribution < 1.29 is 9.53 Å². The Labute approximate surface area is 156 Å². The van der Waals surface area contributed by atoms with Crippen LogP contribution >= 0.6 is 0 Å². The van der Waals surface area contributed by atoms with Crippen molar-refractivity contribution in [1.29, 1.82) is 0 Å². The fourth-order valence-corrected chi connectivity index (χ4v) is 3.13. The van der Waals surface area contributed by atoms with Crippen molar-refractivity contribution in [2.45, 2.75) is 6.92 Å². The fraction of sp³-hybridized carbons (Fsp3) is 0.143. The lowest BCUT2D eigenvalue weighted by atomic mass is 10.1. The number of aromatic nitrogens is 3. The normalized spacial score (nSPS) is 11.0. The number of aryl methyl sites for hydroxylation is 1. The molecule has 0 saturated carbocycles. The monoisotopic (exact) mass is 360 g/mol.